The maximum absolute atomic E-state index is 10.5. The second-order valence-corrected chi connectivity index (χ2v) is 5.73. The van der Waals surface area contributed by atoms with Crippen LogP contribution in [0.2, 0.25) is 0 Å². The molecule has 0 amide bonds. The van der Waals surface area contributed by atoms with E-state index in [4.69, 9.17) is 0 Å². The van der Waals surface area contributed by atoms with Crippen LogP contribution in [0.25, 0.3) is 0 Å². The Labute approximate surface area is 127 Å². The number of aryl methyl sites for hydroxylation is 1. The number of nitrogens with zero attached hydrogens (tertiary/aromatic N) is 2. The minimum atomic E-state index is -0.450. The number of nitro groups is 1. The number of thioether (sulfide) groups is 1. The van der Waals surface area contributed by atoms with E-state index in [1.807, 2.05) is 11.8 Å². The molecule has 0 aliphatic heterocycles. The Morgan fingerprint density at radius 2 is 2.00 bits per heavy atom. The summed E-state index contributed by atoms with van der Waals surface area (Å²) < 4.78 is 0. The van der Waals surface area contributed by atoms with Gasteiger partial charge in [0.15, 0.2) is 0 Å². The molecule has 0 aliphatic rings. The van der Waals surface area contributed by atoms with Crippen LogP contribution >= 0.6 is 11.8 Å². The van der Waals surface area contributed by atoms with Crippen molar-refractivity contribution >= 4 is 23.3 Å². The number of anilines is 1. The minimum absolute atomic E-state index is 0.00861. The molecule has 0 saturated heterocycles. The molecule has 0 bridgehead atoms. The van der Waals surface area contributed by atoms with Crippen LogP contribution in [0.4, 0.5) is 11.5 Å². The first-order chi connectivity index (χ1) is 10.1. The summed E-state index contributed by atoms with van der Waals surface area (Å²) in [7, 11) is 0. The standard InChI is InChI=1S/C15H17N3O2S/c1-12-2-4-13(5-3-12)11-21-9-8-16-15-7-6-14(10-17-15)18(19)20/h2-7,10H,8-9,11H2,1H3,(H,16,17). The Bertz CT molecular complexity index is 585. The highest BCUT2D eigenvalue weighted by molar-refractivity contribution is 7.98. The van der Waals surface area contributed by atoms with E-state index in [9.17, 15) is 10.1 Å². The molecule has 2 rings (SSSR count). The normalized spacial score (nSPS) is 10.3. The van der Waals surface area contributed by atoms with E-state index in [0.29, 0.717) is 5.82 Å². The smallest absolute Gasteiger partial charge is 0.287 e. The quantitative estimate of drug-likeness (QED) is 0.480. The van der Waals surface area contributed by atoms with E-state index >= 15 is 0 Å². The third kappa shape index (κ3) is 5.07. The summed E-state index contributed by atoms with van der Waals surface area (Å²) in [6.45, 7) is 2.86. The van der Waals surface area contributed by atoms with Gasteiger partial charge in [-0.05, 0) is 18.6 Å². The SMILES string of the molecule is Cc1ccc(CSCCNc2ccc([N+](=O)[O-])cn2)cc1. The largest absolute Gasteiger partial charge is 0.369 e. The first kappa shape index (κ1) is 15.3. The van der Waals surface area contributed by atoms with Gasteiger partial charge in [0.2, 0.25) is 0 Å². The predicted octanol–water partition coefficient (Wildman–Crippen LogP) is 3.64. The first-order valence-electron chi connectivity index (χ1n) is 6.63. The lowest BCUT2D eigenvalue weighted by atomic mass is 10.2. The molecule has 2 aromatic rings. The molecule has 0 spiro atoms. The van der Waals surface area contributed by atoms with E-state index in [0.717, 1.165) is 18.1 Å². The van der Waals surface area contributed by atoms with Gasteiger partial charge in [-0.15, -0.1) is 0 Å². The maximum Gasteiger partial charge on any atom is 0.287 e. The molecule has 1 heterocycles. The predicted molar refractivity (Wildman–Crippen MR) is 86.7 cm³/mol. The van der Waals surface area contributed by atoms with Crippen LogP contribution in [-0.4, -0.2) is 22.2 Å². The molecule has 0 unspecified atom stereocenters. The fraction of sp³-hybridized carbons (Fsp3) is 0.267. The topological polar surface area (TPSA) is 68.1 Å². The van der Waals surface area contributed by atoms with Crippen LogP contribution in [0.1, 0.15) is 11.1 Å². The number of hydrogen-bond acceptors (Lipinski definition) is 5. The van der Waals surface area contributed by atoms with Crippen molar-refractivity contribution in [2.75, 3.05) is 17.6 Å². The van der Waals surface area contributed by atoms with Gasteiger partial charge in [0.1, 0.15) is 12.0 Å². The van der Waals surface area contributed by atoms with E-state index in [1.54, 1.807) is 6.07 Å². The van der Waals surface area contributed by atoms with Crippen LogP contribution in [0.15, 0.2) is 42.6 Å². The zero-order chi connectivity index (χ0) is 15.1. The summed E-state index contributed by atoms with van der Waals surface area (Å²) in [4.78, 5) is 14.1. The Balaban J connectivity index is 1.67. The van der Waals surface area contributed by atoms with Gasteiger partial charge >= 0.3 is 0 Å². The van der Waals surface area contributed by atoms with Crippen molar-refractivity contribution in [3.8, 4) is 0 Å². The van der Waals surface area contributed by atoms with Crippen LogP contribution in [-0.2, 0) is 5.75 Å². The molecular formula is C15H17N3O2S. The average Bonchev–Trinajstić information content (AvgIpc) is 2.49. The number of benzene rings is 1. The molecule has 5 nitrogen and oxygen atoms in total. The first-order valence-corrected chi connectivity index (χ1v) is 7.78. The van der Waals surface area contributed by atoms with Crippen molar-refractivity contribution in [3.63, 3.8) is 0 Å². The minimum Gasteiger partial charge on any atom is -0.369 e. The van der Waals surface area contributed by atoms with Crippen LogP contribution in [0.5, 0.6) is 0 Å². The zero-order valence-electron chi connectivity index (χ0n) is 11.8. The van der Waals surface area contributed by atoms with Gasteiger partial charge in [0.05, 0.1) is 4.92 Å². The summed E-state index contributed by atoms with van der Waals surface area (Å²) in [5.74, 6) is 2.60. The summed E-state index contributed by atoms with van der Waals surface area (Å²) in [6.07, 6.45) is 1.27. The van der Waals surface area contributed by atoms with Gasteiger partial charge in [-0.2, -0.15) is 11.8 Å². The van der Waals surface area contributed by atoms with Gasteiger partial charge in [-0.25, -0.2) is 4.98 Å². The van der Waals surface area contributed by atoms with Gasteiger partial charge in [0, 0.05) is 24.1 Å². The van der Waals surface area contributed by atoms with Gasteiger partial charge in [-0.3, -0.25) is 10.1 Å². The van der Waals surface area contributed by atoms with Crippen LogP contribution in [0, 0.1) is 17.0 Å². The van der Waals surface area contributed by atoms with E-state index in [1.165, 1.54) is 23.4 Å². The van der Waals surface area contributed by atoms with Crippen molar-refractivity contribution in [3.05, 3.63) is 63.8 Å². The van der Waals surface area contributed by atoms with Gasteiger partial charge < -0.3 is 5.32 Å². The average molecular weight is 303 g/mol. The number of aromatic nitrogens is 1. The highest BCUT2D eigenvalue weighted by Crippen LogP contribution is 2.14. The molecule has 0 radical (unpaired) electrons. The molecule has 0 atom stereocenters. The molecule has 0 fully saturated rings. The van der Waals surface area contributed by atoms with Crippen LogP contribution in [0.3, 0.4) is 0 Å². The third-order valence-electron chi connectivity index (χ3n) is 2.90. The molecule has 6 heteroatoms. The van der Waals surface area contributed by atoms with Crippen molar-refractivity contribution in [1.82, 2.24) is 4.98 Å². The zero-order valence-corrected chi connectivity index (χ0v) is 12.6. The lowest BCUT2D eigenvalue weighted by Gasteiger charge is -2.05. The van der Waals surface area contributed by atoms with Crippen molar-refractivity contribution in [2.45, 2.75) is 12.7 Å². The molecule has 1 aromatic heterocycles. The van der Waals surface area contributed by atoms with E-state index in [2.05, 4.69) is 41.5 Å². The van der Waals surface area contributed by atoms with Crippen molar-refractivity contribution in [2.24, 2.45) is 0 Å². The summed E-state index contributed by atoms with van der Waals surface area (Å²) in [6, 6.07) is 11.6. The molecule has 1 aromatic carbocycles. The monoisotopic (exact) mass is 303 g/mol. The van der Waals surface area contributed by atoms with Crippen molar-refractivity contribution in [1.29, 1.82) is 0 Å². The van der Waals surface area contributed by atoms with Crippen LogP contribution < -0.4 is 5.32 Å². The Hall–Kier alpha value is -2.08. The number of pyridine rings is 1. The van der Waals surface area contributed by atoms with Gasteiger partial charge in [0.25, 0.3) is 5.69 Å². The molecule has 0 aliphatic carbocycles. The Kier molecular flexibility index (Phi) is 5.57. The van der Waals surface area contributed by atoms with E-state index < -0.39 is 4.92 Å². The summed E-state index contributed by atoms with van der Waals surface area (Å²) >= 11 is 1.84. The second-order valence-electron chi connectivity index (χ2n) is 4.62. The lowest BCUT2D eigenvalue weighted by Crippen LogP contribution is -2.05. The molecule has 0 saturated carbocycles. The van der Waals surface area contributed by atoms with Gasteiger partial charge in [-0.1, -0.05) is 29.8 Å². The number of rotatable bonds is 7. The molecule has 1 N–H and O–H groups in total. The lowest BCUT2D eigenvalue weighted by molar-refractivity contribution is -0.385. The second kappa shape index (κ2) is 7.64. The highest BCUT2D eigenvalue weighted by atomic mass is 32.2. The number of nitrogens with one attached hydrogen (secondary N) is 1. The summed E-state index contributed by atoms with van der Waals surface area (Å²) in [5.41, 5.74) is 2.60. The molecule has 110 valence electrons. The van der Waals surface area contributed by atoms with E-state index in [-0.39, 0.29) is 5.69 Å². The number of hydrogen-bond donors (Lipinski definition) is 1. The fourth-order valence-electron chi connectivity index (χ4n) is 1.72. The third-order valence-corrected chi connectivity index (χ3v) is 3.93. The molecule has 21 heavy (non-hydrogen) atoms. The Morgan fingerprint density at radius 3 is 2.62 bits per heavy atom. The summed E-state index contributed by atoms with van der Waals surface area (Å²) in [5, 5.41) is 13.7. The Morgan fingerprint density at radius 1 is 1.24 bits per heavy atom. The highest BCUT2D eigenvalue weighted by Gasteiger charge is 2.04. The van der Waals surface area contributed by atoms with Crippen molar-refractivity contribution < 1.29 is 4.92 Å². The maximum atomic E-state index is 10.5. The fourth-order valence-corrected chi connectivity index (χ4v) is 2.54. The molecular weight excluding hydrogens is 286 g/mol.